The van der Waals surface area contributed by atoms with Gasteiger partial charge in [-0.05, 0) is 48.6 Å². The van der Waals surface area contributed by atoms with E-state index in [1.54, 1.807) is 11.3 Å². The molecule has 104 valence electrons. The topological polar surface area (TPSA) is 66.4 Å². The lowest BCUT2D eigenvalue weighted by molar-refractivity contribution is -0.146. The molecule has 1 heterocycles. The Bertz CT molecular complexity index is 444. The summed E-state index contributed by atoms with van der Waals surface area (Å²) in [6.07, 6.45) is 2.92. The van der Waals surface area contributed by atoms with E-state index in [2.05, 4.69) is 10.7 Å². The number of aliphatic carboxylic acids is 1. The molecule has 0 bridgehead atoms. The van der Waals surface area contributed by atoms with Gasteiger partial charge in [-0.2, -0.15) is 11.3 Å². The maximum atomic E-state index is 12.1. The number of carboxylic acids is 1. The van der Waals surface area contributed by atoms with E-state index < -0.39 is 11.9 Å². The second-order valence-electron chi connectivity index (χ2n) is 5.23. The molecule has 0 saturated heterocycles. The molecule has 19 heavy (non-hydrogen) atoms. The minimum Gasteiger partial charge on any atom is -0.481 e. The molecule has 1 saturated carbocycles. The Balaban J connectivity index is 1.88. The molecule has 0 radical (unpaired) electrons. The number of carbonyl (C=O) groups is 2. The summed E-state index contributed by atoms with van der Waals surface area (Å²) >= 11 is 1.64. The van der Waals surface area contributed by atoms with Crippen LogP contribution in [0.2, 0.25) is 0 Å². The molecule has 1 aliphatic carbocycles. The van der Waals surface area contributed by atoms with Gasteiger partial charge in [-0.3, -0.25) is 9.59 Å². The highest BCUT2D eigenvalue weighted by molar-refractivity contribution is 7.07. The fourth-order valence-electron chi connectivity index (χ4n) is 2.73. The van der Waals surface area contributed by atoms with Crippen LogP contribution in [0.5, 0.6) is 0 Å². The first-order chi connectivity index (χ1) is 9.08. The number of carboxylic acid groups (broad SMARTS) is 1. The normalized spacial score (nSPS) is 24.1. The summed E-state index contributed by atoms with van der Waals surface area (Å²) in [5, 5.41) is 16.1. The highest BCUT2D eigenvalue weighted by Gasteiger charge is 2.37. The van der Waals surface area contributed by atoms with Crippen LogP contribution in [-0.2, 0) is 16.0 Å². The van der Waals surface area contributed by atoms with E-state index in [1.807, 2.05) is 18.4 Å². The maximum absolute atomic E-state index is 12.1. The summed E-state index contributed by atoms with van der Waals surface area (Å²) in [4.78, 5) is 23.2. The monoisotopic (exact) mass is 281 g/mol. The molecule has 1 unspecified atom stereocenters. The molecule has 0 spiro atoms. The van der Waals surface area contributed by atoms with E-state index in [0.29, 0.717) is 12.8 Å². The predicted molar refractivity (Wildman–Crippen MR) is 74.1 cm³/mol. The molecule has 2 rings (SSSR count). The number of carbonyl (C=O) groups excluding carboxylic acids is 1. The number of hydrogen-bond acceptors (Lipinski definition) is 3. The van der Waals surface area contributed by atoms with Crippen LogP contribution >= 0.6 is 11.3 Å². The Morgan fingerprint density at radius 2 is 2.21 bits per heavy atom. The molecule has 1 aromatic heterocycles. The largest absolute Gasteiger partial charge is 0.481 e. The van der Waals surface area contributed by atoms with Crippen LogP contribution in [0.4, 0.5) is 0 Å². The Morgan fingerprint density at radius 1 is 1.47 bits per heavy atom. The van der Waals surface area contributed by atoms with E-state index in [4.69, 9.17) is 5.11 Å². The van der Waals surface area contributed by atoms with Crippen molar-refractivity contribution in [3.63, 3.8) is 0 Å². The van der Waals surface area contributed by atoms with Crippen molar-refractivity contribution in [3.05, 3.63) is 22.4 Å². The van der Waals surface area contributed by atoms with Crippen molar-refractivity contribution in [1.29, 1.82) is 0 Å². The first-order valence-electron chi connectivity index (χ1n) is 6.62. The maximum Gasteiger partial charge on any atom is 0.307 e. The van der Waals surface area contributed by atoms with Gasteiger partial charge in [0.1, 0.15) is 0 Å². The lowest BCUT2D eigenvalue weighted by Gasteiger charge is -2.19. The standard InChI is InChI=1S/C14H19NO3S/c1-9(7-10-5-6-19-8-10)15-13(16)11-3-2-4-12(11)14(17)18/h5-6,8-9,11-12H,2-4,7H2,1H3,(H,15,16)(H,17,18)/t9?,11-,12+/m1/s1. The Kier molecular flexibility index (Phi) is 4.58. The van der Waals surface area contributed by atoms with Crippen molar-refractivity contribution in [2.24, 2.45) is 11.8 Å². The third kappa shape index (κ3) is 3.56. The summed E-state index contributed by atoms with van der Waals surface area (Å²) in [6, 6.07) is 2.08. The number of nitrogens with one attached hydrogen (secondary N) is 1. The zero-order valence-electron chi connectivity index (χ0n) is 11.0. The molecular formula is C14H19NO3S. The van der Waals surface area contributed by atoms with E-state index in [-0.39, 0.29) is 17.9 Å². The molecule has 1 fully saturated rings. The van der Waals surface area contributed by atoms with Gasteiger partial charge in [-0.15, -0.1) is 0 Å². The van der Waals surface area contributed by atoms with Crippen LogP contribution in [0.1, 0.15) is 31.7 Å². The molecule has 1 amide bonds. The molecule has 5 heteroatoms. The van der Waals surface area contributed by atoms with Gasteiger partial charge in [0, 0.05) is 6.04 Å². The highest BCUT2D eigenvalue weighted by atomic mass is 32.1. The van der Waals surface area contributed by atoms with E-state index in [9.17, 15) is 9.59 Å². The Labute approximate surface area is 116 Å². The third-order valence-corrected chi connectivity index (χ3v) is 4.41. The van der Waals surface area contributed by atoms with Gasteiger partial charge in [0.2, 0.25) is 5.91 Å². The lowest BCUT2D eigenvalue weighted by Crippen LogP contribution is -2.40. The van der Waals surface area contributed by atoms with Crippen LogP contribution in [-0.4, -0.2) is 23.0 Å². The average molecular weight is 281 g/mol. The first-order valence-corrected chi connectivity index (χ1v) is 7.56. The molecule has 1 aliphatic rings. The second-order valence-corrected chi connectivity index (χ2v) is 6.01. The summed E-state index contributed by atoms with van der Waals surface area (Å²) in [6.45, 7) is 1.96. The average Bonchev–Trinajstić information content (AvgIpc) is 2.97. The fourth-order valence-corrected chi connectivity index (χ4v) is 3.41. The number of rotatable bonds is 5. The van der Waals surface area contributed by atoms with Crippen LogP contribution in [0.15, 0.2) is 16.8 Å². The van der Waals surface area contributed by atoms with Gasteiger partial charge in [0.25, 0.3) is 0 Å². The number of amides is 1. The fraction of sp³-hybridized carbons (Fsp3) is 0.571. The van der Waals surface area contributed by atoms with Crippen LogP contribution in [0, 0.1) is 11.8 Å². The summed E-state index contributed by atoms with van der Waals surface area (Å²) in [7, 11) is 0. The predicted octanol–water partition coefficient (Wildman–Crippen LogP) is 2.30. The van der Waals surface area contributed by atoms with Gasteiger partial charge < -0.3 is 10.4 Å². The van der Waals surface area contributed by atoms with E-state index >= 15 is 0 Å². The zero-order valence-corrected chi connectivity index (χ0v) is 11.8. The highest BCUT2D eigenvalue weighted by Crippen LogP contribution is 2.32. The van der Waals surface area contributed by atoms with Crippen molar-refractivity contribution in [3.8, 4) is 0 Å². The summed E-state index contributed by atoms with van der Waals surface area (Å²) < 4.78 is 0. The van der Waals surface area contributed by atoms with E-state index in [1.165, 1.54) is 5.56 Å². The molecule has 0 aliphatic heterocycles. The molecule has 1 aromatic rings. The SMILES string of the molecule is CC(Cc1ccsc1)NC(=O)[C@@H]1CCC[C@@H]1C(=O)O. The zero-order chi connectivity index (χ0) is 13.8. The minimum absolute atomic E-state index is 0.0390. The first kappa shape index (κ1) is 14.1. The summed E-state index contributed by atoms with van der Waals surface area (Å²) in [5.74, 6) is -1.81. The van der Waals surface area contributed by atoms with Gasteiger partial charge in [-0.25, -0.2) is 0 Å². The van der Waals surface area contributed by atoms with Crippen LogP contribution in [0.25, 0.3) is 0 Å². The van der Waals surface area contributed by atoms with Crippen LogP contribution in [0.3, 0.4) is 0 Å². The van der Waals surface area contributed by atoms with Gasteiger partial charge in [-0.1, -0.05) is 6.42 Å². The molecule has 2 N–H and O–H groups in total. The smallest absolute Gasteiger partial charge is 0.307 e. The molecule has 0 aromatic carbocycles. The number of thiophene rings is 1. The quantitative estimate of drug-likeness (QED) is 0.870. The van der Waals surface area contributed by atoms with Gasteiger partial charge in [0.15, 0.2) is 0 Å². The van der Waals surface area contributed by atoms with Crippen molar-refractivity contribution in [2.75, 3.05) is 0 Å². The third-order valence-electron chi connectivity index (χ3n) is 3.68. The Hall–Kier alpha value is -1.36. The van der Waals surface area contributed by atoms with Crippen LogP contribution < -0.4 is 5.32 Å². The lowest BCUT2D eigenvalue weighted by atomic mass is 9.95. The van der Waals surface area contributed by atoms with Crippen molar-refractivity contribution >= 4 is 23.2 Å². The Morgan fingerprint density at radius 3 is 2.84 bits per heavy atom. The minimum atomic E-state index is -0.844. The van der Waals surface area contributed by atoms with Crippen molar-refractivity contribution in [2.45, 2.75) is 38.6 Å². The van der Waals surface area contributed by atoms with E-state index in [0.717, 1.165) is 12.8 Å². The van der Waals surface area contributed by atoms with Crippen molar-refractivity contribution in [1.82, 2.24) is 5.32 Å². The van der Waals surface area contributed by atoms with Gasteiger partial charge in [0.05, 0.1) is 11.8 Å². The second kappa shape index (κ2) is 6.19. The number of hydrogen-bond donors (Lipinski definition) is 2. The summed E-state index contributed by atoms with van der Waals surface area (Å²) in [5.41, 5.74) is 1.21. The van der Waals surface area contributed by atoms with Gasteiger partial charge >= 0.3 is 5.97 Å². The molecule has 4 nitrogen and oxygen atoms in total. The molecule has 3 atom stereocenters. The van der Waals surface area contributed by atoms with Crippen molar-refractivity contribution < 1.29 is 14.7 Å². The molecular weight excluding hydrogens is 262 g/mol.